The van der Waals surface area contributed by atoms with E-state index in [1.807, 2.05) is 12.2 Å². The molecular weight excluding hydrogens is 326 g/mol. The molecule has 2 amide bonds. The summed E-state index contributed by atoms with van der Waals surface area (Å²) in [5, 5.41) is 11.3. The molecule has 0 heterocycles. The molecule has 0 radical (unpaired) electrons. The summed E-state index contributed by atoms with van der Waals surface area (Å²) in [6, 6.07) is 5.34. The van der Waals surface area contributed by atoms with Gasteiger partial charge in [0.1, 0.15) is 18.4 Å². The van der Waals surface area contributed by atoms with E-state index in [1.54, 1.807) is 45.2 Å². The van der Waals surface area contributed by atoms with Gasteiger partial charge in [-0.05, 0) is 44.2 Å². The van der Waals surface area contributed by atoms with Gasteiger partial charge in [-0.25, -0.2) is 5.48 Å². The highest BCUT2D eigenvalue weighted by Crippen LogP contribution is 2.13. The van der Waals surface area contributed by atoms with Gasteiger partial charge in [0.15, 0.2) is 0 Å². The number of ether oxygens (including phenoxy) is 2. The molecular formula is C17H25N3O5. The molecule has 1 atom stereocenters. The molecule has 0 fully saturated rings. The van der Waals surface area contributed by atoms with Crippen molar-refractivity contribution in [2.45, 2.75) is 25.4 Å². The van der Waals surface area contributed by atoms with Gasteiger partial charge < -0.3 is 20.5 Å². The molecule has 1 aromatic rings. The summed E-state index contributed by atoms with van der Waals surface area (Å²) in [5.41, 5.74) is 6.66. The van der Waals surface area contributed by atoms with E-state index in [-0.39, 0.29) is 0 Å². The van der Waals surface area contributed by atoms with E-state index >= 15 is 0 Å². The van der Waals surface area contributed by atoms with Crippen molar-refractivity contribution in [3.05, 3.63) is 42.0 Å². The zero-order valence-electron chi connectivity index (χ0n) is 14.6. The number of methoxy groups -OCH3 is 1. The number of hydrogen-bond donors (Lipinski definition) is 4. The van der Waals surface area contributed by atoms with Crippen LogP contribution in [0.4, 0.5) is 0 Å². The SMILES string of the molecule is COC/C=C/COc1ccc(C(=O)N[C@H](C(=O)NO)C(C)(C)N)cc1. The normalized spacial score (nSPS) is 12.7. The van der Waals surface area contributed by atoms with Crippen molar-refractivity contribution < 1.29 is 24.3 Å². The third-order valence-corrected chi connectivity index (χ3v) is 3.28. The number of nitrogens with two attached hydrogens (primary N) is 1. The molecule has 0 spiro atoms. The fraction of sp³-hybridized carbons (Fsp3) is 0.412. The number of carbonyl (C=O) groups excluding carboxylic acids is 2. The second-order valence-corrected chi connectivity index (χ2v) is 5.97. The van der Waals surface area contributed by atoms with Gasteiger partial charge in [-0.15, -0.1) is 0 Å². The molecule has 0 aliphatic rings. The Morgan fingerprint density at radius 1 is 1.24 bits per heavy atom. The Labute approximate surface area is 146 Å². The van der Waals surface area contributed by atoms with Crippen LogP contribution in [0.2, 0.25) is 0 Å². The molecule has 5 N–H and O–H groups in total. The Balaban J connectivity index is 2.68. The summed E-state index contributed by atoms with van der Waals surface area (Å²) in [5.74, 6) is -0.676. The molecule has 8 heteroatoms. The Kier molecular flexibility index (Phi) is 8.06. The number of amides is 2. The standard InChI is InChI=1S/C17H25N3O5/c1-17(2,18)14(16(22)20-23)19-15(21)12-6-8-13(9-7-12)25-11-5-4-10-24-3/h4-9,14,23H,10-11,18H2,1-3H3,(H,19,21)(H,20,22)/b5-4+/t14-/m1/s1. The molecule has 0 unspecified atom stereocenters. The fourth-order valence-corrected chi connectivity index (χ4v) is 1.95. The van der Waals surface area contributed by atoms with E-state index in [1.165, 1.54) is 5.48 Å². The van der Waals surface area contributed by atoms with Crippen molar-refractivity contribution in [3.8, 4) is 5.75 Å². The molecule has 0 saturated heterocycles. The first-order valence-corrected chi connectivity index (χ1v) is 7.70. The van der Waals surface area contributed by atoms with Crippen LogP contribution in [0.3, 0.4) is 0 Å². The molecule has 25 heavy (non-hydrogen) atoms. The van der Waals surface area contributed by atoms with Gasteiger partial charge in [0.2, 0.25) is 0 Å². The van der Waals surface area contributed by atoms with E-state index in [2.05, 4.69) is 5.32 Å². The van der Waals surface area contributed by atoms with E-state index in [0.29, 0.717) is 24.5 Å². The van der Waals surface area contributed by atoms with Gasteiger partial charge in [-0.1, -0.05) is 6.08 Å². The smallest absolute Gasteiger partial charge is 0.267 e. The Hall–Kier alpha value is -2.42. The average Bonchev–Trinajstić information content (AvgIpc) is 2.58. The van der Waals surface area contributed by atoms with Crippen molar-refractivity contribution in [1.82, 2.24) is 10.8 Å². The summed E-state index contributed by atoms with van der Waals surface area (Å²) in [7, 11) is 1.61. The van der Waals surface area contributed by atoms with Gasteiger partial charge in [0.05, 0.1) is 6.61 Å². The maximum absolute atomic E-state index is 12.3. The molecule has 0 aliphatic carbocycles. The van der Waals surface area contributed by atoms with E-state index < -0.39 is 23.4 Å². The minimum Gasteiger partial charge on any atom is -0.490 e. The largest absolute Gasteiger partial charge is 0.490 e. The van der Waals surface area contributed by atoms with Crippen molar-refractivity contribution in [2.24, 2.45) is 5.73 Å². The summed E-state index contributed by atoms with van der Waals surface area (Å²) >= 11 is 0. The van der Waals surface area contributed by atoms with Crippen molar-refractivity contribution >= 4 is 11.8 Å². The first kappa shape index (κ1) is 20.6. The average molecular weight is 351 g/mol. The predicted molar refractivity (Wildman–Crippen MR) is 92.4 cm³/mol. The van der Waals surface area contributed by atoms with Crippen LogP contribution in [0.5, 0.6) is 5.75 Å². The maximum atomic E-state index is 12.3. The molecule has 138 valence electrons. The molecule has 0 aromatic heterocycles. The molecule has 0 saturated carbocycles. The second-order valence-electron chi connectivity index (χ2n) is 5.97. The Morgan fingerprint density at radius 2 is 1.84 bits per heavy atom. The molecule has 1 rings (SSSR count). The van der Waals surface area contributed by atoms with Gasteiger partial charge in [0, 0.05) is 18.2 Å². The molecule has 8 nitrogen and oxygen atoms in total. The van der Waals surface area contributed by atoms with Crippen molar-refractivity contribution in [3.63, 3.8) is 0 Å². The lowest BCUT2D eigenvalue weighted by Crippen LogP contribution is -2.61. The van der Waals surface area contributed by atoms with Crippen LogP contribution in [0.1, 0.15) is 24.2 Å². The lowest BCUT2D eigenvalue weighted by Gasteiger charge is -2.29. The van der Waals surface area contributed by atoms with E-state index in [0.717, 1.165) is 0 Å². The number of rotatable bonds is 9. The highest BCUT2D eigenvalue weighted by Gasteiger charge is 2.33. The zero-order valence-corrected chi connectivity index (χ0v) is 14.6. The minimum atomic E-state index is -1.09. The summed E-state index contributed by atoms with van der Waals surface area (Å²) < 4.78 is 10.4. The minimum absolute atomic E-state index is 0.335. The summed E-state index contributed by atoms with van der Waals surface area (Å²) in [6.45, 7) is 4.04. The van der Waals surface area contributed by atoms with Crippen molar-refractivity contribution in [1.29, 1.82) is 0 Å². The van der Waals surface area contributed by atoms with Gasteiger partial charge in [-0.2, -0.15) is 0 Å². The first-order valence-electron chi connectivity index (χ1n) is 7.70. The number of carbonyl (C=O) groups is 2. The van der Waals surface area contributed by atoms with Crippen LogP contribution in [0.25, 0.3) is 0 Å². The lowest BCUT2D eigenvalue weighted by atomic mass is 9.95. The Bertz CT molecular complexity index is 593. The first-order chi connectivity index (χ1) is 11.8. The van der Waals surface area contributed by atoms with E-state index in [4.69, 9.17) is 20.4 Å². The van der Waals surface area contributed by atoms with Crippen molar-refractivity contribution in [2.75, 3.05) is 20.3 Å². The van der Waals surface area contributed by atoms with Crippen LogP contribution in [-0.2, 0) is 9.53 Å². The molecule has 1 aromatic carbocycles. The second kappa shape index (κ2) is 9.77. The lowest BCUT2D eigenvalue weighted by molar-refractivity contribution is -0.132. The zero-order chi connectivity index (χ0) is 18.9. The third-order valence-electron chi connectivity index (χ3n) is 3.28. The van der Waals surface area contributed by atoms with Gasteiger partial charge >= 0.3 is 0 Å². The highest BCUT2D eigenvalue weighted by molar-refractivity contribution is 5.97. The predicted octanol–water partition coefficient (Wildman–Crippen LogP) is 0.609. The molecule has 0 aliphatic heterocycles. The highest BCUT2D eigenvalue weighted by atomic mass is 16.5. The van der Waals surface area contributed by atoms with Crippen LogP contribution in [-0.4, -0.2) is 48.9 Å². The van der Waals surface area contributed by atoms with Crippen LogP contribution >= 0.6 is 0 Å². The van der Waals surface area contributed by atoms with Gasteiger partial charge in [0.25, 0.3) is 11.8 Å². The third kappa shape index (κ3) is 6.92. The van der Waals surface area contributed by atoms with E-state index in [9.17, 15) is 9.59 Å². The topological polar surface area (TPSA) is 123 Å². The number of nitrogens with one attached hydrogen (secondary N) is 2. The monoisotopic (exact) mass is 351 g/mol. The van der Waals surface area contributed by atoms with Crippen LogP contribution in [0, 0.1) is 0 Å². The fourth-order valence-electron chi connectivity index (χ4n) is 1.95. The maximum Gasteiger partial charge on any atom is 0.267 e. The molecule has 0 bridgehead atoms. The van der Waals surface area contributed by atoms with Crippen LogP contribution < -0.4 is 21.3 Å². The summed E-state index contributed by atoms with van der Waals surface area (Å²) in [4.78, 5) is 24.0. The number of benzene rings is 1. The van der Waals surface area contributed by atoms with Crippen LogP contribution in [0.15, 0.2) is 36.4 Å². The summed E-state index contributed by atoms with van der Waals surface area (Å²) in [6.07, 6.45) is 3.66. The van der Waals surface area contributed by atoms with Gasteiger partial charge in [-0.3, -0.25) is 14.8 Å². The number of hydroxylamine groups is 1. The Morgan fingerprint density at radius 3 is 2.36 bits per heavy atom. The number of hydrogen-bond acceptors (Lipinski definition) is 6. The quantitative estimate of drug-likeness (QED) is 0.294.